The van der Waals surface area contributed by atoms with Gasteiger partial charge in [-0.25, -0.2) is 0 Å². The monoisotopic (exact) mass is 777 g/mol. The van der Waals surface area contributed by atoms with Gasteiger partial charge in [0.2, 0.25) is 0 Å². The zero-order valence-corrected chi connectivity index (χ0v) is 35.9. The van der Waals surface area contributed by atoms with E-state index in [1.54, 1.807) is 0 Å². The summed E-state index contributed by atoms with van der Waals surface area (Å²) in [5.74, 6) is -1.07. The number of hydrogen-bond donors (Lipinski definition) is 0. The molecule has 0 saturated heterocycles. The topological polar surface area (TPSA) is 78.9 Å². The Morgan fingerprint density at radius 1 is 0.375 bits per heavy atom. The number of allylic oxidation sites excluding steroid dienone is 16. The SMILES string of the molecule is CC/C=C\C/C=C\C/C=C\C/C=C\C/C=C\CCC(=O)OCC(COC(=O)CCCCCCCCCCCCC)OC(=O)CCC/C=C\C/C=C\C/C=C\CC. The maximum Gasteiger partial charge on any atom is 0.306 e. The van der Waals surface area contributed by atoms with Crippen molar-refractivity contribution < 1.29 is 28.6 Å². The van der Waals surface area contributed by atoms with Gasteiger partial charge in [0.05, 0.1) is 0 Å². The summed E-state index contributed by atoms with van der Waals surface area (Å²) in [6.07, 6.45) is 57.0. The average Bonchev–Trinajstić information content (AvgIpc) is 3.19. The Morgan fingerprint density at radius 2 is 0.732 bits per heavy atom. The molecule has 0 saturated carbocycles. The minimum atomic E-state index is -0.830. The predicted molar refractivity (Wildman–Crippen MR) is 237 cm³/mol. The quantitative estimate of drug-likeness (QED) is 0.0269. The molecule has 0 bridgehead atoms. The highest BCUT2D eigenvalue weighted by atomic mass is 16.6. The molecule has 0 N–H and O–H groups in total. The first-order valence-corrected chi connectivity index (χ1v) is 22.2. The fraction of sp³-hybridized carbons (Fsp3) is 0.620. The average molecular weight is 777 g/mol. The van der Waals surface area contributed by atoms with E-state index in [1.807, 2.05) is 12.2 Å². The van der Waals surface area contributed by atoms with Gasteiger partial charge in [-0.3, -0.25) is 14.4 Å². The van der Waals surface area contributed by atoms with E-state index in [-0.39, 0.29) is 44.0 Å². The molecule has 0 aromatic heterocycles. The lowest BCUT2D eigenvalue weighted by Crippen LogP contribution is -2.30. The number of esters is 3. The maximum atomic E-state index is 12.7. The third-order valence-corrected chi connectivity index (χ3v) is 8.85. The van der Waals surface area contributed by atoms with Crippen molar-refractivity contribution in [2.75, 3.05) is 13.2 Å². The molecular weight excluding hydrogens is 697 g/mol. The summed E-state index contributed by atoms with van der Waals surface area (Å²) < 4.78 is 16.6. The van der Waals surface area contributed by atoms with Crippen LogP contribution in [0.1, 0.15) is 181 Å². The van der Waals surface area contributed by atoms with Crippen LogP contribution < -0.4 is 0 Å². The highest BCUT2D eigenvalue weighted by Crippen LogP contribution is 2.13. The van der Waals surface area contributed by atoms with Crippen LogP contribution in [0.2, 0.25) is 0 Å². The molecule has 1 unspecified atom stereocenters. The molecule has 0 aromatic rings. The molecular formula is C50H80O6. The number of hydrogen-bond acceptors (Lipinski definition) is 6. The van der Waals surface area contributed by atoms with Gasteiger partial charge in [0.25, 0.3) is 0 Å². The van der Waals surface area contributed by atoms with Crippen LogP contribution in [0.15, 0.2) is 97.2 Å². The van der Waals surface area contributed by atoms with Crippen LogP contribution in [0.25, 0.3) is 0 Å². The summed E-state index contributed by atoms with van der Waals surface area (Å²) in [6, 6.07) is 0. The van der Waals surface area contributed by atoms with E-state index in [4.69, 9.17) is 14.2 Å². The molecule has 6 nitrogen and oxygen atoms in total. The lowest BCUT2D eigenvalue weighted by Gasteiger charge is -2.18. The van der Waals surface area contributed by atoms with E-state index < -0.39 is 6.10 Å². The molecule has 56 heavy (non-hydrogen) atoms. The zero-order valence-electron chi connectivity index (χ0n) is 35.9. The van der Waals surface area contributed by atoms with E-state index >= 15 is 0 Å². The standard InChI is InChI=1S/C50H80O6/c1-4-7-10-13-16-19-22-23-24-25-26-29-31-34-37-40-43-49(52)55-46-47(56-50(53)44-41-38-35-32-28-21-18-15-12-9-6-3)45-54-48(51)42-39-36-33-30-27-20-17-14-11-8-5-2/h7,9-10,12,16,18-19,21,23-24,26,29,32,34-35,37,47H,4-6,8,11,13-15,17,20,22,25,27-28,30-31,33,36,38-46H2,1-3H3/b10-7-,12-9-,19-16-,21-18-,24-23-,29-26-,35-32-,37-34-. The van der Waals surface area contributed by atoms with E-state index in [0.29, 0.717) is 19.3 Å². The molecule has 0 heterocycles. The molecule has 0 spiro atoms. The van der Waals surface area contributed by atoms with E-state index in [0.717, 1.165) is 77.0 Å². The summed E-state index contributed by atoms with van der Waals surface area (Å²) in [5.41, 5.74) is 0. The summed E-state index contributed by atoms with van der Waals surface area (Å²) >= 11 is 0. The Labute approximate surface area is 343 Å². The third-order valence-electron chi connectivity index (χ3n) is 8.85. The lowest BCUT2D eigenvalue weighted by molar-refractivity contribution is -0.166. The van der Waals surface area contributed by atoms with Gasteiger partial charge in [0.1, 0.15) is 13.2 Å². The second-order valence-electron chi connectivity index (χ2n) is 14.2. The molecule has 0 aliphatic rings. The van der Waals surface area contributed by atoms with Gasteiger partial charge in [-0.1, -0.05) is 182 Å². The summed E-state index contributed by atoms with van der Waals surface area (Å²) in [5, 5.41) is 0. The largest absolute Gasteiger partial charge is 0.462 e. The van der Waals surface area contributed by atoms with E-state index in [1.165, 1.54) is 51.4 Å². The second kappa shape index (κ2) is 44.0. The van der Waals surface area contributed by atoms with Crippen molar-refractivity contribution in [3.05, 3.63) is 97.2 Å². The summed E-state index contributed by atoms with van der Waals surface area (Å²) in [4.78, 5) is 37.6. The van der Waals surface area contributed by atoms with Gasteiger partial charge in [0, 0.05) is 19.3 Å². The van der Waals surface area contributed by atoms with Crippen LogP contribution in [0.3, 0.4) is 0 Å². The van der Waals surface area contributed by atoms with E-state index in [9.17, 15) is 14.4 Å². The lowest BCUT2D eigenvalue weighted by atomic mass is 10.1. The maximum absolute atomic E-state index is 12.7. The molecule has 0 amide bonds. The van der Waals surface area contributed by atoms with Gasteiger partial charge in [-0.2, -0.15) is 0 Å². The highest BCUT2D eigenvalue weighted by Gasteiger charge is 2.19. The molecule has 0 aromatic carbocycles. The van der Waals surface area contributed by atoms with Crippen LogP contribution in [0, 0.1) is 0 Å². The Bertz CT molecular complexity index is 1170. The predicted octanol–water partition coefficient (Wildman–Crippen LogP) is 14.2. The van der Waals surface area contributed by atoms with Crippen LogP contribution in [0.5, 0.6) is 0 Å². The molecule has 0 radical (unpaired) electrons. The first-order chi connectivity index (χ1) is 27.5. The fourth-order valence-electron chi connectivity index (χ4n) is 5.57. The van der Waals surface area contributed by atoms with Crippen LogP contribution in [-0.2, 0) is 28.6 Å². The van der Waals surface area contributed by atoms with Crippen molar-refractivity contribution in [1.82, 2.24) is 0 Å². The summed E-state index contributed by atoms with van der Waals surface area (Å²) in [6.45, 7) is 6.25. The Morgan fingerprint density at radius 3 is 1.18 bits per heavy atom. The van der Waals surface area contributed by atoms with Crippen molar-refractivity contribution in [2.24, 2.45) is 0 Å². The van der Waals surface area contributed by atoms with Crippen LogP contribution in [-0.4, -0.2) is 37.2 Å². The van der Waals surface area contributed by atoms with E-state index in [2.05, 4.69) is 106 Å². The fourth-order valence-corrected chi connectivity index (χ4v) is 5.57. The molecule has 6 heteroatoms. The molecule has 0 rings (SSSR count). The zero-order chi connectivity index (χ0) is 40.8. The number of rotatable bonds is 38. The minimum absolute atomic E-state index is 0.121. The van der Waals surface area contributed by atoms with Gasteiger partial charge in [-0.15, -0.1) is 0 Å². The number of ether oxygens (including phenoxy) is 3. The Balaban J connectivity index is 4.56. The molecule has 316 valence electrons. The first kappa shape index (κ1) is 52.3. The number of carbonyl (C=O) groups excluding carboxylic acids is 3. The van der Waals surface area contributed by atoms with Crippen molar-refractivity contribution in [3.8, 4) is 0 Å². The number of unbranched alkanes of at least 4 members (excludes halogenated alkanes) is 11. The Hall–Kier alpha value is -3.67. The van der Waals surface area contributed by atoms with Crippen molar-refractivity contribution >= 4 is 17.9 Å². The smallest absolute Gasteiger partial charge is 0.306 e. The van der Waals surface area contributed by atoms with Gasteiger partial charge in [-0.05, 0) is 77.0 Å². The van der Waals surface area contributed by atoms with Gasteiger partial charge < -0.3 is 14.2 Å². The van der Waals surface area contributed by atoms with Crippen molar-refractivity contribution in [3.63, 3.8) is 0 Å². The summed E-state index contributed by atoms with van der Waals surface area (Å²) in [7, 11) is 0. The molecule has 1 atom stereocenters. The van der Waals surface area contributed by atoms with Gasteiger partial charge >= 0.3 is 17.9 Å². The first-order valence-electron chi connectivity index (χ1n) is 22.2. The van der Waals surface area contributed by atoms with Crippen molar-refractivity contribution in [2.45, 2.75) is 187 Å². The second-order valence-corrected chi connectivity index (χ2v) is 14.2. The Kier molecular flexibility index (Phi) is 41.2. The minimum Gasteiger partial charge on any atom is -0.462 e. The van der Waals surface area contributed by atoms with Crippen LogP contribution >= 0.6 is 0 Å². The normalized spacial score (nSPS) is 13.0. The number of carbonyl (C=O) groups is 3. The third kappa shape index (κ3) is 41.5. The highest BCUT2D eigenvalue weighted by molar-refractivity contribution is 5.71. The van der Waals surface area contributed by atoms with Crippen molar-refractivity contribution in [1.29, 1.82) is 0 Å². The van der Waals surface area contributed by atoms with Crippen LogP contribution in [0.4, 0.5) is 0 Å². The van der Waals surface area contributed by atoms with Gasteiger partial charge in [0.15, 0.2) is 6.10 Å². The molecule has 0 aliphatic heterocycles. The molecule has 0 aliphatic carbocycles. The molecule has 0 fully saturated rings.